The fourth-order valence-electron chi connectivity index (χ4n) is 2.10. The van der Waals surface area contributed by atoms with Crippen LogP contribution in [0.1, 0.15) is 27.0 Å². The molecule has 2 rings (SSSR count). The third-order valence-electron chi connectivity index (χ3n) is 3.68. The van der Waals surface area contributed by atoms with E-state index < -0.39 is 0 Å². The summed E-state index contributed by atoms with van der Waals surface area (Å²) in [5.74, 6) is -0.390. The molecule has 0 fully saturated rings. The van der Waals surface area contributed by atoms with Gasteiger partial charge in [0.15, 0.2) is 12.4 Å². The number of Topliss-reactive ketones (excluding diaryl/α,β-unsaturated/α-hetero) is 1. The van der Waals surface area contributed by atoms with Crippen molar-refractivity contribution in [3.8, 4) is 0 Å². The number of thioether (sulfide) groups is 1. The van der Waals surface area contributed by atoms with Gasteiger partial charge in [-0.2, -0.15) is 0 Å². The predicted octanol–water partition coefficient (Wildman–Crippen LogP) is 4.89. The van der Waals surface area contributed by atoms with Crippen LogP contribution < -0.4 is 0 Å². The molecule has 0 N–H and O–H groups in total. The molecule has 24 heavy (non-hydrogen) atoms. The van der Waals surface area contributed by atoms with E-state index in [-0.39, 0.29) is 24.1 Å². The van der Waals surface area contributed by atoms with Crippen LogP contribution in [0.2, 0.25) is 0 Å². The molecule has 5 heteroatoms. The Kier molecular flexibility index (Phi) is 6.63. The van der Waals surface area contributed by atoms with Gasteiger partial charge in [-0.3, -0.25) is 9.59 Å². The van der Waals surface area contributed by atoms with E-state index in [1.165, 1.54) is 11.8 Å². The fourth-order valence-corrected chi connectivity index (χ4v) is 3.38. The Morgan fingerprint density at radius 3 is 2.42 bits per heavy atom. The monoisotopic (exact) mass is 406 g/mol. The smallest absolute Gasteiger partial charge is 0.316 e. The molecule has 0 aliphatic carbocycles. The molecule has 0 aromatic heterocycles. The maximum absolute atomic E-state index is 12.1. The molecule has 2 aromatic rings. The minimum absolute atomic E-state index is 0.183. The van der Waals surface area contributed by atoms with E-state index in [4.69, 9.17) is 4.74 Å². The second kappa shape index (κ2) is 8.49. The molecular formula is C19H19BrO3S. The van der Waals surface area contributed by atoms with Gasteiger partial charge in [0.25, 0.3) is 0 Å². The second-order valence-corrected chi connectivity index (χ2v) is 7.51. The van der Waals surface area contributed by atoms with Gasteiger partial charge >= 0.3 is 5.97 Å². The topological polar surface area (TPSA) is 43.4 Å². The number of ether oxygens (including phenoxy) is 1. The van der Waals surface area contributed by atoms with Crippen LogP contribution in [0.3, 0.4) is 0 Å². The summed E-state index contributed by atoms with van der Waals surface area (Å²) in [5, 5.41) is 0. The van der Waals surface area contributed by atoms with Gasteiger partial charge in [0.2, 0.25) is 0 Å². The first-order valence-electron chi connectivity index (χ1n) is 7.52. The maximum atomic E-state index is 12.1. The van der Waals surface area contributed by atoms with Crippen LogP contribution in [0, 0.1) is 20.8 Å². The van der Waals surface area contributed by atoms with Gasteiger partial charge in [0.05, 0.1) is 5.75 Å². The van der Waals surface area contributed by atoms with Crippen molar-refractivity contribution in [1.29, 1.82) is 0 Å². The lowest BCUT2D eigenvalue weighted by Crippen LogP contribution is -2.15. The van der Waals surface area contributed by atoms with E-state index in [9.17, 15) is 9.59 Å². The Labute approximate surface area is 154 Å². The highest BCUT2D eigenvalue weighted by Gasteiger charge is 2.12. The van der Waals surface area contributed by atoms with E-state index >= 15 is 0 Å². The Morgan fingerprint density at radius 2 is 1.75 bits per heavy atom. The van der Waals surface area contributed by atoms with E-state index in [1.54, 1.807) is 6.07 Å². The molecule has 0 saturated carbocycles. The Morgan fingerprint density at radius 1 is 1.00 bits per heavy atom. The van der Waals surface area contributed by atoms with Gasteiger partial charge in [-0.15, -0.1) is 11.8 Å². The van der Waals surface area contributed by atoms with Crippen molar-refractivity contribution in [3.05, 3.63) is 63.1 Å². The summed E-state index contributed by atoms with van der Waals surface area (Å²) in [4.78, 5) is 25.0. The average Bonchev–Trinajstić information content (AvgIpc) is 2.54. The summed E-state index contributed by atoms with van der Waals surface area (Å²) < 4.78 is 6.10. The molecule has 2 aromatic carbocycles. The number of esters is 1. The largest absolute Gasteiger partial charge is 0.457 e. The summed E-state index contributed by atoms with van der Waals surface area (Å²) in [6.07, 6.45) is 0. The van der Waals surface area contributed by atoms with Crippen LogP contribution in [-0.2, 0) is 9.53 Å². The number of carbonyl (C=O) groups is 2. The second-order valence-electron chi connectivity index (χ2n) is 5.58. The standard InChI is InChI=1S/C19H19BrO3S/c1-12-4-5-15(8-13(12)2)17(21)10-23-19(22)11-24-18-7-6-16(20)9-14(18)3/h4-9H,10-11H2,1-3H3. The molecule has 3 nitrogen and oxygen atoms in total. The first kappa shape index (κ1) is 18.7. The third kappa shape index (κ3) is 5.21. The van der Waals surface area contributed by atoms with Crippen molar-refractivity contribution >= 4 is 39.4 Å². The number of hydrogen-bond donors (Lipinski definition) is 0. The van der Waals surface area contributed by atoms with Gasteiger partial charge in [0.1, 0.15) is 0 Å². The Hall–Kier alpha value is -1.59. The van der Waals surface area contributed by atoms with Crippen LogP contribution in [-0.4, -0.2) is 24.1 Å². The van der Waals surface area contributed by atoms with Crippen LogP contribution >= 0.6 is 27.7 Å². The lowest BCUT2D eigenvalue weighted by atomic mass is 10.0. The number of rotatable bonds is 6. The normalized spacial score (nSPS) is 10.5. The number of halogens is 1. The molecule has 0 aliphatic rings. The van der Waals surface area contributed by atoms with Crippen molar-refractivity contribution in [1.82, 2.24) is 0 Å². The predicted molar refractivity (Wildman–Crippen MR) is 101 cm³/mol. The number of hydrogen-bond acceptors (Lipinski definition) is 4. The van der Waals surface area contributed by atoms with Gasteiger partial charge in [-0.25, -0.2) is 0 Å². The van der Waals surface area contributed by atoms with Crippen molar-refractivity contribution in [2.75, 3.05) is 12.4 Å². The molecule has 0 atom stereocenters. The number of ketones is 1. The van der Waals surface area contributed by atoms with Crippen LogP contribution in [0.5, 0.6) is 0 Å². The number of carbonyl (C=O) groups excluding carboxylic acids is 2. The summed E-state index contributed by atoms with van der Waals surface area (Å²) in [6.45, 7) is 5.71. The number of benzene rings is 2. The zero-order chi connectivity index (χ0) is 17.7. The summed E-state index contributed by atoms with van der Waals surface area (Å²) in [7, 11) is 0. The molecule has 0 amide bonds. The fraction of sp³-hybridized carbons (Fsp3) is 0.263. The van der Waals surface area contributed by atoms with E-state index in [0.717, 1.165) is 26.1 Å². The summed E-state index contributed by atoms with van der Waals surface area (Å²) >= 11 is 4.82. The van der Waals surface area contributed by atoms with Gasteiger partial charge in [0, 0.05) is 14.9 Å². The molecule has 0 spiro atoms. The van der Waals surface area contributed by atoms with Crippen LogP contribution in [0.25, 0.3) is 0 Å². The Bertz CT molecular complexity index is 771. The number of aryl methyl sites for hydroxylation is 3. The Balaban J connectivity index is 1.84. The van der Waals surface area contributed by atoms with Gasteiger partial charge < -0.3 is 4.74 Å². The highest BCUT2D eigenvalue weighted by atomic mass is 79.9. The minimum Gasteiger partial charge on any atom is -0.457 e. The molecule has 0 heterocycles. The minimum atomic E-state index is -0.389. The van der Waals surface area contributed by atoms with Crippen LogP contribution in [0.4, 0.5) is 0 Å². The first-order valence-corrected chi connectivity index (χ1v) is 9.29. The highest BCUT2D eigenvalue weighted by Crippen LogP contribution is 2.25. The molecule has 0 bridgehead atoms. The lowest BCUT2D eigenvalue weighted by Gasteiger charge is -2.07. The van der Waals surface area contributed by atoms with Crippen molar-refractivity contribution in [2.45, 2.75) is 25.7 Å². The van der Waals surface area contributed by atoms with Crippen molar-refractivity contribution < 1.29 is 14.3 Å². The molecular weight excluding hydrogens is 388 g/mol. The maximum Gasteiger partial charge on any atom is 0.316 e. The van der Waals surface area contributed by atoms with E-state index in [1.807, 2.05) is 51.1 Å². The molecule has 0 radical (unpaired) electrons. The molecule has 126 valence electrons. The van der Waals surface area contributed by atoms with Gasteiger partial charge in [-0.05, 0) is 61.7 Å². The van der Waals surface area contributed by atoms with Crippen LogP contribution in [0.15, 0.2) is 45.8 Å². The first-order chi connectivity index (χ1) is 11.4. The highest BCUT2D eigenvalue weighted by molar-refractivity contribution is 9.10. The summed E-state index contributed by atoms with van der Waals surface area (Å²) in [6, 6.07) is 11.4. The zero-order valence-electron chi connectivity index (χ0n) is 13.9. The average molecular weight is 407 g/mol. The third-order valence-corrected chi connectivity index (χ3v) is 5.32. The zero-order valence-corrected chi connectivity index (χ0v) is 16.3. The quantitative estimate of drug-likeness (QED) is 0.389. The molecule has 0 saturated heterocycles. The molecule has 0 unspecified atom stereocenters. The van der Waals surface area contributed by atoms with Gasteiger partial charge in [-0.1, -0.05) is 28.1 Å². The van der Waals surface area contributed by atoms with Crippen molar-refractivity contribution in [2.24, 2.45) is 0 Å². The SMILES string of the molecule is Cc1ccc(C(=O)COC(=O)CSc2ccc(Br)cc2C)cc1C. The van der Waals surface area contributed by atoms with E-state index in [0.29, 0.717) is 5.56 Å². The lowest BCUT2D eigenvalue weighted by molar-refractivity contribution is -0.139. The molecule has 0 aliphatic heterocycles. The van der Waals surface area contributed by atoms with E-state index in [2.05, 4.69) is 15.9 Å². The van der Waals surface area contributed by atoms with Crippen molar-refractivity contribution in [3.63, 3.8) is 0 Å². The summed E-state index contributed by atoms with van der Waals surface area (Å²) in [5.41, 5.74) is 3.84.